The van der Waals surface area contributed by atoms with Crippen molar-refractivity contribution in [2.45, 2.75) is 101 Å². The normalized spacial score (nSPS) is 21.2. The van der Waals surface area contributed by atoms with Crippen LogP contribution in [0.1, 0.15) is 94.6 Å². The van der Waals surface area contributed by atoms with E-state index < -0.39 is 0 Å². The molecule has 1 saturated heterocycles. The number of rotatable bonds is 7. The summed E-state index contributed by atoms with van der Waals surface area (Å²) in [5.74, 6) is 0.240. The molecule has 1 N–H and O–H groups in total. The van der Waals surface area contributed by atoms with E-state index in [4.69, 9.17) is 0 Å². The molecule has 0 spiro atoms. The highest BCUT2D eigenvalue weighted by Gasteiger charge is 2.38. The fraction of sp³-hybridized carbons (Fsp3) is 0.562. The Bertz CT molecular complexity index is 1050. The molecule has 0 atom stereocenters. The summed E-state index contributed by atoms with van der Waals surface area (Å²) in [5, 5.41) is 12.6. The SMILES string of the molecule is N#Cc1cccc(-c2ccc(C3(CCC(=O)NC4CCCCC4)CCN(C4CCCC4)CC3)cc2)c1. The maximum atomic E-state index is 13.0. The summed E-state index contributed by atoms with van der Waals surface area (Å²) in [7, 11) is 0. The number of carbonyl (C=O) groups is 1. The van der Waals surface area contributed by atoms with Gasteiger partial charge in [-0.15, -0.1) is 0 Å². The van der Waals surface area contributed by atoms with Gasteiger partial charge in [0.2, 0.25) is 5.91 Å². The third-order valence-electron chi connectivity index (χ3n) is 9.22. The molecule has 2 aliphatic carbocycles. The van der Waals surface area contributed by atoms with Crippen molar-refractivity contribution in [2.24, 2.45) is 0 Å². The number of likely N-dealkylation sites (tertiary alicyclic amines) is 1. The second kappa shape index (κ2) is 11.6. The van der Waals surface area contributed by atoms with Gasteiger partial charge in [0.25, 0.3) is 0 Å². The highest BCUT2D eigenvalue weighted by Crippen LogP contribution is 2.42. The van der Waals surface area contributed by atoms with Crippen molar-refractivity contribution >= 4 is 5.91 Å². The lowest BCUT2D eigenvalue weighted by atomic mass is 9.69. The van der Waals surface area contributed by atoms with E-state index in [1.807, 2.05) is 18.2 Å². The highest BCUT2D eigenvalue weighted by molar-refractivity contribution is 5.76. The Morgan fingerprint density at radius 1 is 0.917 bits per heavy atom. The van der Waals surface area contributed by atoms with Crippen LogP contribution in [0.5, 0.6) is 0 Å². The Hall–Kier alpha value is -2.64. The second-order valence-corrected chi connectivity index (χ2v) is 11.4. The molecule has 0 unspecified atom stereocenters. The van der Waals surface area contributed by atoms with Gasteiger partial charge in [-0.1, -0.05) is 68.5 Å². The van der Waals surface area contributed by atoms with Crippen molar-refractivity contribution in [3.05, 3.63) is 59.7 Å². The van der Waals surface area contributed by atoms with E-state index in [0.717, 1.165) is 62.4 Å². The van der Waals surface area contributed by atoms with E-state index in [1.54, 1.807) is 0 Å². The fourth-order valence-electron chi connectivity index (χ4n) is 6.95. The molecule has 0 radical (unpaired) electrons. The molecule has 0 bridgehead atoms. The number of nitriles is 1. The van der Waals surface area contributed by atoms with Crippen LogP contribution in [0.4, 0.5) is 0 Å². The Morgan fingerprint density at radius 2 is 1.61 bits per heavy atom. The number of amides is 1. The zero-order valence-electron chi connectivity index (χ0n) is 21.7. The molecular weight excluding hydrogens is 442 g/mol. The first-order chi connectivity index (χ1) is 17.6. The number of carbonyl (C=O) groups excluding carboxylic acids is 1. The number of nitrogens with zero attached hydrogens (tertiary/aromatic N) is 2. The predicted molar refractivity (Wildman–Crippen MR) is 146 cm³/mol. The molecule has 3 aliphatic rings. The van der Waals surface area contributed by atoms with Crippen molar-refractivity contribution in [1.29, 1.82) is 5.26 Å². The summed E-state index contributed by atoms with van der Waals surface area (Å²) < 4.78 is 0. The summed E-state index contributed by atoms with van der Waals surface area (Å²) >= 11 is 0. The summed E-state index contributed by atoms with van der Waals surface area (Å²) in [4.78, 5) is 15.7. The topological polar surface area (TPSA) is 56.1 Å². The molecule has 3 fully saturated rings. The molecule has 4 nitrogen and oxygen atoms in total. The van der Waals surface area contributed by atoms with Gasteiger partial charge >= 0.3 is 0 Å². The smallest absolute Gasteiger partial charge is 0.220 e. The van der Waals surface area contributed by atoms with Crippen LogP contribution >= 0.6 is 0 Å². The van der Waals surface area contributed by atoms with E-state index in [2.05, 4.69) is 46.6 Å². The van der Waals surface area contributed by atoms with Crippen LogP contribution in [0.3, 0.4) is 0 Å². The van der Waals surface area contributed by atoms with Crippen LogP contribution in [0.2, 0.25) is 0 Å². The molecule has 2 saturated carbocycles. The quantitative estimate of drug-likeness (QED) is 0.475. The lowest BCUT2D eigenvalue weighted by Crippen LogP contribution is -2.47. The molecular formula is C32H41N3O. The maximum Gasteiger partial charge on any atom is 0.220 e. The first-order valence-corrected chi connectivity index (χ1v) is 14.3. The Labute approximate surface area is 217 Å². The standard InChI is InChI=1S/C32H41N3O/c33-24-25-7-6-8-27(23-25)26-13-15-28(16-14-26)32(18-17-31(36)34-29-9-2-1-3-10-29)19-21-35(22-20-32)30-11-4-5-12-30/h6-8,13-16,23,29-30H,1-5,9-12,17-22H2,(H,34,36). The van der Waals surface area contributed by atoms with Crippen molar-refractivity contribution in [2.75, 3.05) is 13.1 Å². The van der Waals surface area contributed by atoms with Gasteiger partial charge in [0, 0.05) is 18.5 Å². The zero-order valence-corrected chi connectivity index (χ0v) is 21.7. The van der Waals surface area contributed by atoms with Crippen LogP contribution in [-0.4, -0.2) is 36.0 Å². The van der Waals surface area contributed by atoms with Crippen LogP contribution in [0, 0.1) is 11.3 Å². The Balaban J connectivity index is 1.31. The molecule has 2 aromatic rings. The van der Waals surface area contributed by atoms with Gasteiger partial charge in [0.05, 0.1) is 11.6 Å². The highest BCUT2D eigenvalue weighted by atomic mass is 16.1. The van der Waals surface area contributed by atoms with Crippen LogP contribution in [-0.2, 0) is 10.2 Å². The molecule has 36 heavy (non-hydrogen) atoms. The monoisotopic (exact) mass is 483 g/mol. The van der Waals surface area contributed by atoms with Gasteiger partial charge in [-0.2, -0.15) is 5.26 Å². The minimum atomic E-state index is 0.0615. The molecule has 1 amide bonds. The molecule has 1 heterocycles. The number of benzene rings is 2. The van der Waals surface area contributed by atoms with Gasteiger partial charge in [-0.3, -0.25) is 4.79 Å². The largest absolute Gasteiger partial charge is 0.353 e. The van der Waals surface area contributed by atoms with E-state index in [-0.39, 0.29) is 11.3 Å². The molecule has 2 aromatic carbocycles. The first kappa shape index (κ1) is 25.0. The first-order valence-electron chi connectivity index (χ1n) is 14.3. The van der Waals surface area contributed by atoms with E-state index in [1.165, 1.54) is 50.5 Å². The molecule has 0 aromatic heterocycles. The average molecular weight is 484 g/mol. The van der Waals surface area contributed by atoms with Gasteiger partial charge < -0.3 is 10.2 Å². The van der Waals surface area contributed by atoms with Crippen LogP contribution < -0.4 is 5.32 Å². The van der Waals surface area contributed by atoms with Crippen molar-refractivity contribution in [3.63, 3.8) is 0 Å². The van der Waals surface area contributed by atoms with Crippen molar-refractivity contribution in [3.8, 4) is 17.2 Å². The Morgan fingerprint density at radius 3 is 2.31 bits per heavy atom. The van der Waals surface area contributed by atoms with E-state index in [9.17, 15) is 10.1 Å². The molecule has 1 aliphatic heterocycles. The summed E-state index contributed by atoms with van der Waals surface area (Å²) in [6.45, 7) is 2.28. The lowest BCUT2D eigenvalue weighted by molar-refractivity contribution is -0.122. The maximum absolute atomic E-state index is 13.0. The molecule has 5 rings (SSSR count). The lowest BCUT2D eigenvalue weighted by Gasteiger charge is -2.44. The van der Waals surface area contributed by atoms with Crippen molar-refractivity contribution in [1.82, 2.24) is 10.2 Å². The summed E-state index contributed by atoms with van der Waals surface area (Å²) in [6.07, 6.45) is 15.3. The number of hydrogen-bond acceptors (Lipinski definition) is 3. The predicted octanol–water partition coefficient (Wildman–Crippen LogP) is 6.73. The van der Waals surface area contributed by atoms with Crippen LogP contribution in [0.15, 0.2) is 48.5 Å². The van der Waals surface area contributed by atoms with Gasteiger partial charge in [-0.05, 0) is 92.3 Å². The van der Waals surface area contributed by atoms with E-state index >= 15 is 0 Å². The van der Waals surface area contributed by atoms with Gasteiger partial charge in [0.1, 0.15) is 0 Å². The third-order valence-corrected chi connectivity index (χ3v) is 9.22. The number of hydrogen-bond donors (Lipinski definition) is 1. The fourth-order valence-corrected chi connectivity index (χ4v) is 6.95. The van der Waals surface area contributed by atoms with Gasteiger partial charge in [-0.25, -0.2) is 0 Å². The molecule has 190 valence electrons. The second-order valence-electron chi connectivity index (χ2n) is 11.4. The summed E-state index contributed by atoms with van der Waals surface area (Å²) in [5.41, 5.74) is 4.35. The minimum Gasteiger partial charge on any atom is -0.353 e. The van der Waals surface area contributed by atoms with Crippen LogP contribution in [0.25, 0.3) is 11.1 Å². The average Bonchev–Trinajstić information content (AvgIpc) is 3.48. The Kier molecular flexibility index (Phi) is 8.07. The summed E-state index contributed by atoms with van der Waals surface area (Å²) in [6, 6.07) is 20.2. The van der Waals surface area contributed by atoms with Crippen molar-refractivity contribution < 1.29 is 4.79 Å². The molecule has 4 heteroatoms. The third kappa shape index (κ3) is 5.84. The van der Waals surface area contributed by atoms with Gasteiger partial charge in [0.15, 0.2) is 0 Å². The minimum absolute atomic E-state index is 0.0615. The number of piperidine rings is 1. The zero-order chi connectivity index (χ0) is 24.8. The number of nitrogens with one attached hydrogen (secondary N) is 1. The van der Waals surface area contributed by atoms with E-state index in [0.29, 0.717) is 18.0 Å².